The molecule has 0 bridgehead atoms. The second kappa shape index (κ2) is 3.01. The van der Waals surface area contributed by atoms with Crippen LogP contribution in [0.1, 0.15) is 19.8 Å². The predicted molar refractivity (Wildman–Crippen MR) is 39.4 cm³/mol. The lowest BCUT2D eigenvalue weighted by Crippen LogP contribution is -2.48. The van der Waals surface area contributed by atoms with Gasteiger partial charge in [0.1, 0.15) is 0 Å². The van der Waals surface area contributed by atoms with Crippen LogP contribution >= 0.6 is 0 Å². The van der Waals surface area contributed by atoms with Gasteiger partial charge < -0.3 is 11.1 Å². The van der Waals surface area contributed by atoms with Gasteiger partial charge in [-0.2, -0.15) is 0 Å². The Morgan fingerprint density at radius 1 is 1.70 bits per heavy atom. The predicted octanol–water partition coefficient (Wildman–Crippen LogP) is -0.140. The Labute approximate surface area is 61.0 Å². The Kier molecular flexibility index (Phi) is 2.27. The highest BCUT2D eigenvalue weighted by atomic mass is 16.1. The summed E-state index contributed by atoms with van der Waals surface area (Å²) in [5.74, 6) is 0.193. The minimum atomic E-state index is -0.216. The van der Waals surface area contributed by atoms with Crippen LogP contribution in [0.2, 0.25) is 0 Å². The molecule has 0 aromatic carbocycles. The molecule has 0 aliphatic carbocycles. The van der Waals surface area contributed by atoms with Gasteiger partial charge in [-0.05, 0) is 25.3 Å². The molecule has 0 aromatic heterocycles. The molecule has 0 spiro atoms. The quantitative estimate of drug-likeness (QED) is 0.535. The smallest absolute Gasteiger partial charge is 0.234 e. The number of hydrogen-bond acceptors (Lipinski definition) is 2. The summed E-state index contributed by atoms with van der Waals surface area (Å²) >= 11 is 0. The summed E-state index contributed by atoms with van der Waals surface area (Å²) in [6, 6.07) is -0.0891. The summed E-state index contributed by atoms with van der Waals surface area (Å²) in [6.07, 6.45) is 2.27. The summed E-state index contributed by atoms with van der Waals surface area (Å²) in [5, 5.41) is 3.09. The van der Waals surface area contributed by atoms with E-state index >= 15 is 0 Å². The van der Waals surface area contributed by atoms with Crippen molar-refractivity contribution in [3.05, 3.63) is 0 Å². The van der Waals surface area contributed by atoms with Gasteiger partial charge in [-0.1, -0.05) is 6.92 Å². The fourth-order valence-electron chi connectivity index (χ4n) is 1.43. The molecule has 1 saturated heterocycles. The molecule has 10 heavy (non-hydrogen) atoms. The van der Waals surface area contributed by atoms with Crippen molar-refractivity contribution >= 4 is 5.91 Å². The third-order valence-corrected chi connectivity index (χ3v) is 2.08. The van der Waals surface area contributed by atoms with Gasteiger partial charge >= 0.3 is 0 Å². The first kappa shape index (κ1) is 7.54. The first-order chi connectivity index (χ1) is 4.72. The maximum atomic E-state index is 10.7. The molecule has 3 heteroatoms. The molecule has 1 aliphatic rings. The Hall–Kier alpha value is -0.570. The van der Waals surface area contributed by atoms with Crippen molar-refractivity contribution in [2.45, 2.75) is 25.8 Å². The van der Waals surface area contributed by atoms with Gasteiger partial charge in [-0.15, -0.1) is 0 Å². The van der Waals surface area contributed by atoms with Gasteiger partial charge in [0.2, 0.25) is 5.91 Å². The van der Waals surface area contributed by atoms with Crippen molar-refractivity contribution in [1.82, 2.24) is 5.32 Å². The van der Waals surface area contributed by atoms with E-state index in [1.165, 1.54) is 0 Å². The first-order valence-electron chi connectivity index (χ1n) is 3.74. The van der Waals surface area contributed by atoms with Crippen LogP contribution in [0.15, 0.2) is 0 Å². The topological polar surface area (TPSA) is 55.1 Å². The van der Waals surface area contributed by atoms with E-state index in [9.17, 15) is 4.79 Å². The highest BCUT2D eigenvalue weighted by Gasteiger charge is 2.24. The summed E-state index contributed by atoms with van der Waals surface area (Å²) < 4.78 is 0. The van der Waals surface area contributed by atoms with E-state index in [4.69, 9.17) is 5.73 Å². The van der Waals surface area contributed by atoms with E-state index in [-0.39, 0.29) is 11.9 Å². The highest BCUT2D eigenvalue weighted by Crippen LogP contribution is 2.14. The standard InChI is InChI=1S/C7H14N2O/c1-5-3-2-4-9-6(5)7(8)10/h5-6,9H,2-4H2,1H3,(H2,8,10)/t5-,6+/m0/s1. The summed E-state index contributed by atoms with van der Waals surface area (Å²) in [4.78, 5) is 10.7. The molecule has 0 saturated carbocycles. The fraction of sp³-hybridized carbons (Fsp3) is 0.857. The SMILES string of the molecule is C[C@H]1CCCN[C@H]1C(N)=O. The van der Waals surface area contributed by atoms with E-state index in [2.05, 4.69) is 12.2 Å². The lowest BCUT2D eigenvalue weighted by atomic mass is 9.92. The van der Waals surface area contributed by atoms with Gasteiger partial charge in [0.15, 0.2) is 0 Å². The molecule has 58 valence electrons. The molecular weight excluding hydrogens is 128 g/mol. The molecule has 1 fully saturated rings. The van der Waals surface area contributed by atoms with Crippen LogP contribution in [-0.4, -0.2) is 18.5 Å². The maximum Gasteiger partial charge on any atom is 0.234 e. The largest absolute Gasteiger partial charge is 0.368 e. The Balaban J connectivity index is 2.47. The van der Waals surface area contributed by atoms with Gasteiger partial charge in [-0.25, -0.2) is 0 Å². The molecule has 0 aromatic rings. The van der Waals surface area contributed by atoms with Gasteiger partial charge in [0, 0.05) is 0 Å². The van der Waals surface area contributed by atoms with Crippen molar-refractivity contribution in [3.8, 4) is 0 Å². The summed E-state index contributed by atoms with van der Waals surface area (Å²) in [5.41, 5.74) is 5.16. The molecule has 1 heterocycles. The second-order valence-corrected chi connectivity index (χ2v) is 2.95. The molecular formula is C7H14N2O. The summed E-state index contributed by atoms with van der Waals surface area (Å²) in [6.45, 7) is 2.99. The molecule has 3 N–H and O–H groups in total. The lowest BCUT2D eigenvalue weighted by molar-refractivity contribution is -0.121. The average Bonchev–Trinajstić information content (AvgIpc) is 1.88. The van der Waals surface area contributed by atoms with Crippen LogP contribution in [-0.2, 0) is 4.79 Å². The minimum absolute atomic E-state index is 0.0891. The van der Waals surface area contributed by atoms with Crippen LogP contribution in [0.4, 0.5) is 0 Å². The molecule has 3 nitrogen and oxygen atoms in total. The third-order valence-electron chi connectivity index (χ3n) is 2.08. The molecule has 1 aliphatic heterocycles. The first-order valence-corrected chi connectivity index (χ1v) is 3.74. The number of hydrogen-bond donors (Lipinski definition) is 2. The Morgan fingerprint density at radius 2 is 2.40 bits per heavy atom. The number of nitrogens with one attached hydrogen (secondary N) is 1. The van der Waals surface area contributed by atoms with E-state index in [0.717, 1.165) is 19.4 Å². The van der Waals surface area contributed by atoms with Crippen LogP contribution in [0.25, 0.3) is 0 Å². The van der Waals surface area contributed by atoms with Crippen LogP contribution in [0, 0.1) is 5.92 Å². The zero-order chi connectivity index (χ0) is 7.56. The van der Waals surface area contributed by atoms with Gasteiger partial charge in [0.05, 0.1) is 6.04 Å². The van der Waals surface area contributed by atoms with Crippen LogP contribution in [0.5, 0.6) is 0 Å². The van der Waals surface area contributed by atoms with E-state index in [1.807, 2.05) is 0 Å². The maximum absolute atomic E-state index is 10.7. The van der Waals surface area contributed by atoms with Gasteiger partial charge in [0.25, 0.3) is 0 Å². The van der Waals surface area contributed by atoms with Crippen molar-refractivity contribution in [2.24, 2.45) is 11.7 Å². The van der Waals surface area contributed by atoms with Crippen molar-refractivity contribution in [1.29, 1.82) is 0 Å². The monoisotopic (exact) mass is 142 g/mol. The summed E-state index contributed by atoms with van der Waals surface area (Å²) in [7, 11) is 0. The fourth-order valence-corrected chi connectivity index (χ4v) is 1.43. The molecule has 1 amide bonds. The third kappa shape index (κ3) is 1.48. The number of carbonyl (C=O) groups excluding carboxylic acids is 1. The van der Waals surface area contributed by atoms with Crippen molar-refractivity contribution in [3.63, 3.8) is 0 Å². The van der Waals surface area contributed by atoms with E-state index in [0.29, 0.717) is 5.92 Å². The number of amides is 1. The number of carbonyl (C=O) groups is 1. The molecule has 0 unspecified atom stereocenters. The Morgan fingerprint density at radius 3 is 2.80 bits per heavy atom. The van der Waals surface area contributed by atoms with Crippen molar-refractivity contribution < 1.29 is 4.79 Å². The zero-order valence-electron chi connectivity index (χ0n) is 6.26. The van der Waals surface area contributed by atoms with Crippen molar-refractivity contribution in [2.75, 3.05) is 6.54 Å². The van der Waals surface area contributed by atoms with E-state index in [1.54, 1.807) is 0 Å². The average molecular weight is 142 g/mol. The van der Waals surface area contributed by atoms with Crippen LogP contribution in [0.3, 0.4) is 0 Å². The number of nitrogens with two attached hydrogens (primary N) is 1. The number of piperidine rings is 1. The molecule has 0 radical (unpaired) electrons. The van der Waals surface area contributed by atoms with E-state index < -0.39 is 0 Å². The number of rotatable bonds is 1. The van der Waals surface area contributed by atoms with Gasteiger partial charge in [-0.3, -0.25) is 4.79 Å². The molecule has 1 rings (SSSR count). The van der Waals surface area contributed by atoms with Crippen LogP contribution < -0.4 is 11.1 Å². The Bertz CT molecular complexity index is 136. The lowest BCUT2D eigenvalue weighted by Gasteiger charge is -2.27. The second-order valence-electron chi connectivity index (χ2n) is 2.95. The normalized spacial score (nSPS) is 33.7. The number of primary amides is 1. The minimum Gasteiger partial charge on any atom is -0.368 e. The zero-order valence-corrected chi connectivity index (χ0v) is 6.26. The highest BCUT2D eigenvalue weighted by molar-refractivity contribution is 5.80. The molecule has 2 atom stereocenters.